The lowest BCUT2D eigenvalue weighted by atomic mass is 10.1. The van der Waals surface area contributed by atoms with E-state index < -0.39 is 0 Å². The summed E-state index contributed by atoms with van der Waals surface area (Å²) in [5.74, 6) is 1.69. The van der Waals surface area contributed by atoms with Crippen molar-refractivity contribution >= 4 is 22.2 Å². The van der Waals surface area contributed by atoms with Crippen molar-refractivity contribution < 1.29 is 14.3 Å². The molecule has 0 heterocycles. The van der Waals surface area contributed by atoms with Gasteiger partial charge in [-0.05, 0) is 61.4 Å². The van der Waals surface area contributed by atoms with Crippen molar-refractivity contribution in [3.63, 3.8) is 0 Å². The lowest BCUT2D eigenvalue weighted by Crippen LogP contribution is -1.88. The minimum absolute atomic E-state index is 0.714. The Morgan fingerprint density at radius 1 is 0.905 bits per heavy atom. The molecular weight excluding hydrogens is 332 g/mol. The van der Waals surface area contributed by atoms with Gasteiger partial charge in [-0.15, -0.1) is 0 Å². The maximum absolute atomic E-state index is 10.4. The van der Waals surface area contributed by atoms with Gasteiger partial charge in [0.1, 0.15) is 17.8 Å². The van der Waals surface area contributed by atoms with E-state index in [9.17, 15) is 4.79 Å². The summed E-state index contributed by atoms with van der Waals surface area (Å²) in [5, 5.41) is 0. The van der Waals surface area contributed by atoms with Gasteiger partial charge in [-0.1, -0.05) is 15.9 Å². The molecule has 0 amide bonds. The maximum atomic E-state index is 10.4. The minimum Gasteiger partial charge on any atom is -0.497 e. The van der Waals surface area contributed by atoms with E-state index in [4.69, 9.17) is 9.47 Å². The molecule has 0 fully saturated rings. The molecule has 0 unspecified atom stereocenters. The molecule has 0 saturated carbocycles. The van der Waals surface area contributed by atoms with Crippen LogP contribution in [0.1, 0.15) is 21.5 Å². The smallest absolute Gasteiger partial charge is 0.150 e. The number of methoxy groups -OCH3 is 2. The van der Waals surface area contributed by atoms with Crippen LogP contribution in [0.4, 0.5) is 0 Å². The number of aldehydes is 1. The first kappa shape index (κ1) is 17.2. The van der Waals surface area contributed by atoms with Crippen molar-refractivity contribution in [1.82, 2.24) is 0 Å². The van der Waals surface area contributed by atoms with Crippen LogP contribution < -0.4 is 9.47 Å². The largest absolute Gasteiger partial charge is 0.497 e. The second kappa shape index (κ2) is 8.47. The molecule has 3 nitrogen and oxygen atoms in total. The van der Waals surface area contributed by atoms with Crippen molar-refractivity contribution in [1.29, 1.82) is 0 Å². The SMILES string of the molecule is COc1ccc(Br)c(C)c1.COc1ccc(C=O)c(C)c1. The van der Waals surface area contributed by atoms with Crippen molar-refractivity contribution in [3.8, 4) is 11.5 Å². The lowest BCUT2D eigenvalue weighted by molar-refractivity contribution is 0.112. The van der Waals surface area contributed by atoms with Gasteiger partial charge in [0.05, 0.1) is 14.2 Å². The highest BCUT2D eigenvalue weighted by molar-refractivity contribution is 9.10. The summed E-state index contributed by atoms with van der Waals surface area (Å²) in [6.07, 6.45) is 0.842. The molecule has 0 aliphatic rings. The zero-order valence-corrected chi connectivity index (χ0v) is 14.2. The molecule has 2 aromatic carbocycles. The molecule has 112 valence electrons. The highest BCUT2D eigenvalue weighted by atomic mass is 79.9. The van der Waals surface area contributed by atoms with Gasteiger partial charge in [-0.3, -0.25) is 4.79 Å². The molecule has 0 aromatic heterocycles. The molecular formula is C17H19BrO3. The van der Waals surface area contributed by atoms with E-state index in [0.717, 1.165) is 27.8 Å². The summed E-state index contributed by atoms with van der Waals surface area (Å²) in [7, 11) is 3.28. The number of benzene rings is 2. The van der Waals surface area contributed by atoms with Crippen molar-refractivity contribution in [2.24, 2.45) is 0 Å². The number of carbonyl (C=O) groups excluding carboxylic acids is 1. The van der Waals surface area contributed by atoms with E-state index in [1.54, 1.807) is 26.4 Å². The fraction of sp³-hybridized carbons (Fsp3) is 0.235. The molecule has 2 aromatic rings. The summed E-state index contributed by atoms with van der Waals surface area (Å²) in [5.41, 5.74) is 2.85. The van der Waals surface area contributed by atoms with Crippen molar-refractivity contribution in [2.75, 3.05) is 14.2 Å². The molecule has 0 atom stereocenters. The monoisotopic (exact) mass is 350 g/mol. The Morgan fingerprint density at radius 2 is 1.43 bits per heavy atom. The summed E-state index contributed by atoms with van der Waals surface area (Å²) in [6.45, 7) is 3.92. The van der Waals surface area contributed by atoms with Crippen molar-refractivity contribution in [2.45, 2.75) is 13.8 Å². The van der Waals surface area contributed by atoms with Crippen molar-refractivity contribution in [3.05, 3.63) is 57.6 Å². The van der Waals surface area contributed by atoms with E-state index in [1.807, 2.05) is 38.1 Å². The number of aryl methyl sites for hydroxylation is 2. The zero-order valence-electron chi connectivity index (χ0n) is 12.6. The fourth-order valence-corrected chi connectivity index (χ4v) is 1.90. The minimum atomic E-state index is 0.714. The summed E-state index contributed by atoms with van der Waals surface area (Å²) >= 11 is 3.40. The van der Waals surface area contributed by atoms with Crippen LogP contribution in [0.5, 0.6) is 11.5 Å². The Hall–Kier alpha value is -1.81. The van der Waals surface area contributed by atoms with Crippen LogP contribution in [-0.4, -0.2) is 20.5 Å². The highest BCUT2D eigenvalue weighted by Gasteiger charge is 1.97. The third-order valence-electron chi connectivity index (χ3n) is 2.97. The van der Waals surface area contributed by atoms with Gasteiger partial charge in [-0.2, -0.15) is 0 Å². The molecule has 0 bridgehead atoms. The van der Waals surface area contributed by atoms with Gasteiger partial charge in [0.2, 0.25) is 0 Å². The highest BCUT2D eigenvalue weighted by Crippen LogP contribution is 2.20. The van der Waals surface area contributed by atoms with Gasteiger partial charge in [0.15, 0.2) is 0 Å². The Kier molecular flexibility index (Phi) is 6.96. The molecule has 2 rings (SSSR count). The average molecular weight is 351 g/mol. The number of halogens is 1. The fourth-order valence-electron chi connectivity index (χ4n) is 1.65. The molecule has 0 radical (unpaired) electrons. The summed E-state index contributed by atoms with van der Waals surface area (Å²) in [4.78, 5) is 10.4. The Balaban J connectivity index is 0.000000211. The second-order valence-corrected chi connectivity index (χ2v) is 5.31. The number of rotatable bonds is 3. The quantitative estimate of drug-likeness (QED) is 0.759. The van der Waals surface area contributed by atoms with E-state index in [0.29, 0.717) is 5.56 Å². The molecule has 0 aliphatic heterocycles. The van der Waals surface area contributed by atoms with Gasteiger partial charge in [0, 0.05) is 10.0 Å². The number of ether oxygens (including phenoxy) is 2. The third kappa shape index (κ3) is 5.23. The molecule has 0 spiro atoms. The third-order valence-corrected chi connectivity index (χ3v) is 3.86. The second-order valence-electron chi connectivity index (χ2n) is 4.46. The predicted molar refractivity (Wildman–Crippen MR) is 88.5 cm³/mol. The topological polar surface area (TPSA) is 35.5 Å². The molecule has 0 N–H and O–H groups in total. The first-order valence-electron chi connectivity index (χ1n) is 6.41. The molecule has 0 saturated heterocycles. The first-order valence-corrected chi connectivity index (χ1v) is 7.21. The molecule has 4 heteroatoms. The van der Waals surface area contributed by atoms with Gasteiger partial charge in [-0.25, -0.2) is 0 Å². The van der Waals surface area contributed by atoms with Gasteiger partial charge >= 0.3 is 0 Å². The van der Waals surface area contributed by atoms with Crippen LogP contribution in [0.3, 0.4) is 0 Å². The van der Waals surface area contributed by atoms with Crippen LogP contribution in [0, 0.1) is 13.8 Å². The Labute approximate surface area is 134 Å². The summed E-state index contributed by atoms with van der Waals surface area (Å²) < 4.78 is 11.1. The van der Waals surface area contributed by atoms with Crippen LogP contribution >= 0.6 is 15.9 Å². The summed E-state index contributed by atoms with van der Waals surface area (Å²) in [6, 6.07) is 11.3. The Morgan fingerprint density at radius 3 is 1.86 bits per heavy atom. The average Bonchev–Trinajstić information content (AvgIpc) is 2.50. The van der Waals surface area contributed by atoms with Gasteiger partial charge < -0.3 is 9.47 Å². The van der Waals surface area contributed by atoms with Crippen LogP contribution in [0.2, 0.25) is 0 Å². The number of carbonyl (C=O) groups is 1. The number of hydrogen-bond donors (Lipinski definition) is 0. The van der Waals surface area contributed by atoms with Crippen LogP contribution in [0.25, 0.3) is 0 Å². The predicted octanol–water partition coefficient (Wildman–Crippen LogP) is 4.58. The first-order chi connectivity index (χ1) is 10.0. The normalized spacial score (nSPS) is 9.38. The molecule has 0 aliphatic carbocycles. The molecule has 21 heavy (non-hydrogen) atoms. The van der Waals surface area contributed by atoms with Crippen LogP contribution in [-0.2, 0) is 0 Å². The van der Waals surface area contributed by atoms with E-state index in [1.165, 1.54) is 5.56 Å². The lowest BCUT2D eigenvalue weighted by Gasteiger charge is -2.01. The van der Waals surface area contributed by atoms with E-state index in [-0.39, 0.29) is 0 Å². The van der Waals surface area contributed by atoms with E-state index in [2.05, 4.69) is 15.9 Å². The Bertz CT molecular complexity index is 609. The van der Waals surface area contributed by atoms with Crippen LogP contribution in [0.15, 0.2) is 40.9 Å². The maximum Gasteiger partial charge on any atom is 0.150 e. The standard InChI is InChI=1S/C9H10O2.C8H9BrO/c1-7-5-9(11-2)4-3-8(7)6-10;1-6-5-7(10-2)3-4-8(6)9/h3-6H,1-2H3;3-5H,1-2H3. The zero-order chi connectivity index (χ0) is 15.8. The van der Waals surface area contributed by atoms with Gasteiger partial charge in [0.25, 0.3) is 0 Å². The number of hydrogen-bond acceptors (Lipinski definition) is 3. The van der Waals surface area contributed by atoms with E-state index >= 15 is 0 Å².